The fraction of sp³-hybridized carbons (Fsp3) is 0.435. The van der Waals surface area contributed by atoms with Crippen LogP contribution in [0.15, 0.2) is 30.3 Å². The average molecular weight is 478 g/mol. The molecule has 1 saturated heterocycles. The van der Waals surface area contributed by atoms with Gasteiger partial charge in [0.15, 0.2) is 0 Å². The first-order valence-electron chi connectivity index (χ1n) is 10.7. The van der Waals surface area contributed by atoms with Crippen LogP contribution in [0.4, 0.5) is 5.69 Å². The quantitative estimate of drug-likeness (QED) is 0.618. The standard InChI is InChI=1S/C23H29Cl2N5O2/c1-16(2)15-30-23(25)20(17(3)27-30)8-9-21(31)26-14-22(32)29-12-10-28(11-13-29)19-6-4-18(24)5-7-19/h4-9,16H,10-15H2,1-3H3,(H,26,31)/b9-8+. The van der Waals surface area contributed by atoms with Crippen LogP contribution >= 0.6 is 23.2 Å². The highest BCUT2D eigenvalue weighted by Gasteiger charge is 2.21. The smallest absolute Gasteiger partial charge is 0.244 e. The fourth-order valence-electron chi connectivity index (χ4n) is 3.58. The SMILES string of the molecule is Cc1nn(CC(C)C)c(Cl)c1/C=C/C(=O)NCC(=O)N1CCN(c2ccc(Cl)cc2)CC1. The average Bonchev–Trinajstić information content (AvgIpc) is 3.03. The van der Waals surface area contributed by atoms with E-state index >= 15 is 0 Å². The summed E-state index contributed by atoms with van der Waals surface area (Å²) in [4.78, 5) is 28.7. The van der Waals surface area contributed by atoms with Gasteiger partial charge < -0.3 is 15.1 Å². The molecule has 2 heterocycles. The Morgan fingerprint density at radius 3 is 2.41 bits per heavy atom. The van der Waals surface area contributed by atoms with E-state index < -0.39 is 0 Å². The van der Waals surface area contributed by atoms with Gasteiger partial charge in [0.25, 0.3) is 0 Å². The van der Waals surface area contributed by atoms with Gasteiger partial charge in [-0.15, -0.1) is 0 Å². The molecule has 32 heavy (non-hydrogen) atoms. The molecule has 1 fully saturated rings. The lowest BCUT2D eigenvalue weighted by molar-refractivity contribution is -0.132. The summed E-state index contributed by atoms with van der Waals surface area (Å²) in [6, 6.07) is 7.68. The van der Waals surface area contributed by atoms with Crippen molar-refractivity contribution in [3.63, 3.8) is 0 Å². The summed E-state index contributed by atoms with van der Waals surface area (Å²) in [5, 5.41) is 8.30. The highest BCUT2D eigenvalue weighted by Crippen LogP contribution is 2.22. The van der Waals surface area contributed by atoms with Crippen LogP contribution in [-0.4, -0.2) is 59.2 Å². The van der Waals surface area contributed by atoms with Gasteiger partial charge in [0.05, 0.1) is 12.2 Å². The van der Waals surface area contributed by atoms with Crippen LogP contribution in [0.5, 0.6) is 0 Å². The molecule has 1 aliphatic rings. The third kappa shape index (κ3) is 6.26. The third-order valence-corrected chi connectivity index (χ3v) is 5.94. The van der Waals surface area contributed by atoms with E-state index in [1.54, 1.807) is 15.7 Å². The van der Waals surface area contributed by atoms with E-state index in [0.717, 1.165) is 24.5 Å². The molecular weight excluding hydrogens is 449 g/mol. The van der Waals surface area contributed by atoms with E-state index in [1.165, 1.54) is 6.08 Å². The van der Waals surface area contributed by atoms with E-state index in [1.807, 2.05) is 31.2 Å². The molecule has 1 aromatic heterocycles. The fourth-order valence-corrected chi connectivity index (χ4v) is 4.01. The van der Waals surface area contributed by atoms with Crippen molar-refractivity contribution in [1.82, 2.24) is 20.0 Å². The van der Waals surface area contributed by atoms with Crippen LogP contribution in [0.25, 0.3) is 6.08 Å². The van der Waals surface area contributed by atoms with Gasteiger partial charge in [-0.3, -0.25) is 14.3 Å². The zero-order chi connectivity index (χ0) is 23.3. The van der Waals surface area contributed by atoms with Gasteiger partial charge in [-0.25, -0.2) is 0 Å². The molecule has 0 spiro atoms. The monoisotopic (exact) mass is 477 g/mol. The highest BCUT2D eigenvalue weighted by molar-refractivity contribution is 6.31. The van der Waals surface area contributed by atoms with Crippen molar-refractivity contribution < 1.29 is 9.59 Å². The number of halogens is 2. The van der Waals surface area contributed by atoms with Crippen LogP contribution in [0.1, 0.15) is 25.1 Å². The number of carbonyl (C=O) groups excluding carboxylic acids is 2. The number of nitrogens with one attached hydrogen (secondary N) is 1. The molecule has 2 amide bonds. The number of nitrogens with zero attached hydrogens (tertiary/aromatic N) is 4. The molecule has 2 aromatic rings. The Morgan fingerprint density at radius 2 is 1.78 bits per heavy atom. The van der Waals surface area contributed by atoms with Crippen molar-refractivity contribution in [2.45, 2.75) is 27.3 Å². The van der Waals surface area contributed by atoms with Crippen LogP contribution in [0.2, 0.25) is 10.2 Å². The van der Waals surface area contributed by atoms with Crippen molar-refractivity contribution in [3.05, 3.63) is 51.8 Å². The number of hydrogen-bond donors (Lipinski definition) is 1. The second kappa shape index (κ2) is 10.9. The lowest BCUT2D eigenvalue weighted by Crippen LogP contribution is -2.51. The van der Waals surface area contributed by atoms with Crippen LogP contribution in [-0.2, 0) is 16.1 Å². The Morgan fingerprint density at radius 1 is 1.12 bits per heavy atom. The van der Waals surface area contributed by atoms with E-state index in [4.69, 9.17) is 23.2 Å². The van der Waals surface area contributed by atoms with Crippen molar-refractivity contribution >= 4 is 46.8 Å². The molecule has 0 atom stereocenters. The number of amides is 2. The Labute approximate surface area is 199 Å². The molecule has 0 saturated carbocycles. The molecule has 9 heteroatoms. The maximum Gasteiger partial charge on any atom is 0.244 e. The summed E-state index contributed by atoms with van der Waals surface area (Å²) >= 11 is 12.3. The number of carbonyl (C=O) groups is 2. The molecule has 1 aliphatic heterocycles. The zero-order valence-corrected chi connectivity index (χ0v) is 20.2. The largest absolute Gasteiger partial charge is 0.368 e. The minimum atomic E-state index is -0.342. The van der Waals surface area contributed by atoms with E-state index in [0.29, 0.717) is 41.3 Å². The summed E-state index contributed by atoms with van der Waals surface area (Å²) < 4.78 is 1.74. The Balaban J connectivity index is 1.47. The summed E-state index contributed by atoms with van der Waals surface area (Å²) in [5.74, 6) is -0.0299. The maximum atomic E-state index is 12.5. The van der Waals surface area contributed by atoms with Gasteiger partial charge in [0.1, 0.15) is 5.15 Å². The number of hydrogen-bond acceptors (Lipinski definition) is 4. The number of benzene rings is 1. The van der Waals surface area contributed by atoms with E-state index in [2.05, 4.69) is 29.2 Å². The van der Waals surface area contributed by atoms with Gasteiger partial charge in [-0.2, -0.15) is 5.10 Å². The van der Waals surface area contributed by atoms with Crippen LogP contribution in [0, 0.1) is 12.8 Å². The number of aromatic nitrogens is 2. The lowest BCUT2D eigenvalue weighted by atomic mass is 10.2. The number of aryl methyl sites for hydroxylation is 1. The van der Waals surface area contributed by atoms with Crippen molar-refractivity contribution in [1.29, 1.82) is 0 Å². The van der Waals surface area contributed by atoms with Gasteiger partial charge in [-0.1, -0.05) is 37.0 Å². The normalized spacial score (nSPS) is 14.4. The molecule has 172 valence electrons. The Hall–Kier alpha value is -2.51. The minimum Gasteiger partial charge on any atom is -0.368 e. The molecule has 3 rings (SSSR count). The topological polar surface area (TPSA) is 70.5 Å². The molecule has 0 bridgehead atoms. The summed E-state index contributed by atoms with van der Waals surface area (Å²) in [5.41, 5.74) is 2.56. The first-order valence-corrected chi connectivity index (χ1v) is 11.5. The molecule has 7 nitrogen and oxygen atoms in total. The first kappa shape index (κ1) is 24.1. The molecule has 0 unspecified atom stereocenters. The summed E-state index contributed by atoms with van der Waals surface area (Å²) in [6.45, 7) is 9.39. The van der Waals surface area contributed by atoms with E-state index in [-0.39, 0.29) is 18.4 Å². The van der Waals surface area contributed by atoms with Gasteiger partial charge in [0.2, 0.25) is 11.8 Å². The van der Waals surface area contributed by atoms with Gasteiger partial charge >= 0.3 is 0 Å². The first-order chi connectivity index (χ1) is 15.2. The van der Waals surface area contributed by atoms with Gasteiger partial charge in [0, 0.05) is 55.1 Å². The summed E-state index contributed by atoms with van der Waals surface area (Å²) in [6.07, 6.45) is 3.04. The lowest BCUT2D eigenvalue weighted by Gasteiger charge is -2.36. The van der Waals surface area contributed by atoms with Crippen molar-refractivity contribution in [3.8, 4) is 0 Å². The van der Waals surface area contributed by atoms with Crippen molar-refractivity contribution in [2.24, 2.45) is 5.92 Å². The second-order valence-corrected chi connectivity index (χ2v) is 9.06. The molecule has 1 aromatic carbocycles. The predicted molar refractivity (Wildman–Crippen MR) is 129 cm³/mol. The van der Waals surface area contributed by atoms with Gasteiger partial charge in [-0.05, 0) is 43.2 Å². The molecule has 0 aliphatic carbocycles. The number of piperazine rings is 1. The maximum absolute atomic E-state index is 12.5. The summed E-state index contributed by atoms with van der Waals surface area (Å²) in [7, 11) is 0. The Kier molecular flexibility index (Phi) is 8.21. The van der Waals surface area contributed by atoms with E-state index in [9.17, 15) is 9.59 Å². The van der Waals surface area contributed by atoms with Crippen molar-refractivity contribution in [2.75, 3.05) is 37.6 Å². The van der Waals surface area contributed by atoms with Crippen LogP contribution < -0.4 is 10.2 Å². The Bertz CT molecular complexity index is 977. The number of anilines is 1. The third-order valence-electron chi connectivity index (χ3n) is 5.29. The zero-order valence-electron chi connectivity index (χ0n) is 18.6. The number of rotatable bonds is 7. The van der Waals surface area contributed by atoms with Crippen LogP contribution in [0.3, 0.4) is 0 Å². The molecule has 1 N–H and O–H groups in total. The minimum absolute atomic E-state index is 0.0383. The molecule has 0 radical (unpaired) electrons. The molecular formula is C23H29Cl2N5O2. The second-order valence-electron chi connectivity index (χ2n) is 8.26. The predicted octanol–water partition coefficient (Wildman–Crippen LogP) is 3.63. The highest BCUT2D eigenvalue weighted by atomic mass is 35.5.